The minimum Gasteiger partial charge on any atom is -0.291 e. The van der Waals surface area contributed by atoms with Crippen LogP contribution < -0.4 is 0 Å². The third-order valence-electron chi connectivity index (χ3n) is 8.15. The summed E-state index contributed by atoms with van der Waals surface area (Å²) in [5, 5.41) is 5.32. The maximum atomic E-state index is 4.17. The van der Waals surface area contributed by atoms with Crippen LogP contribution in [-0.4, -0.2) is 38.6 Å². The summed E-state index contributed by atoms with van der Waals surface area (Å²) in [6.07, 6.45) is 5.47. The summed E-state index contributed by atoms with van der Waals surface area (Å²) in [6, 6.07) is 34.5. The van der Waals surface area contributed by atoms with Crippen LogP contribution in [0.4, 0.5) is 0 Å². The van der Waals surface area contributed by atoms with Gasteiger partial charge >= 0.3 is 0 Å². The van der Waals surface area contributed by atoms with E-state index in [0.717, 1.165) is 32.5 Å². The SMILES string of the molecule is C=CC[C@@]1(C)C[C@@H]2[C@H](C[C@H](C)N1Cc1ccccc1)N(Cc1ccccc1)N2Cc1ccccc1. The highest BCUT2D eigenvalue weighted by Crippen LogP contribution is 2.45. The van der Waals surface area contributed by atoms with Gasteiger partial charge in [0.1, 0.15) is 0 Å². The third-order valence-corrected chi connectivity index (χ3v) is 8.15. The maximum Gasteiger partial charge on any atom is 0.0437 e. The number of rotatable bonds is 8. The van der Waals surface area contributed by atoms with Crippen LogP contribution in [0.1, 0.15) is 49.8 Å². The number of hydrogen-bond donors (Lipinski definition) is 0. The van der Waals surface area contributed by atoms with Gasteiger partial charge in [-0.05, 0) is 49.8 Å². The molecule has 3 heteroatoms. The highest BCUT2D eigenvalue weighted by molar-refractivity contribution is 5.20. The smallest absolute Gasteiger partial charge is 0.0437 e. The van der Waals surface area contributed by atoms with Crippen molar-refractivity contribution in [2.24, 2.45) is 0 Å². The lowest BCUT2D eigenvalue weighted by Crippen LogP contribution is -2.70. The van der Waals surface area contributed by atoms with E-state index in [1.165, 1.54) is 23.1 Å². The van der Waals surface area contributed by atoms with Crippen LogP contribution in [0.2, 0.25) is 0 Å². The van der Waals surface area contributed by atoms with Gasteiger partial charge in [0, 0.05) is 43.3 Å². The van der Waals surface area contributed by atoms with Crippen molar-refractivity contribution in [2.45, 2.75) is 76.4 Å². The van der Waals surface area contributed by atoms with Crippen molar-refractivity contribution >= 4 is 0 Å². The molecule has 0 radical (unpaired) electrons. The first-order valence-corrected chi connectivity index (χ1v) is 13.1. The Morgan fingerprint density at radius 1 is 0.743 bits per heavy atom. The lowest BCUT2D eigenvalue weighted by Gasteiger charge is -2.58. The zero-order valence-electron chi connectivity index (χ0n) is 21.3. The van der Waals surface area contributed by atoms with Crippen molar-refractivity contribution in [3.8, 4) is 0 Å². The van der Waals surface area contributed by atoms with Crippen LogP contribution in [-0.2, 0) is 19.6 Å². The minimum absolute atomic E-state index is 0.0736. The fraction of sp³-hybridized carbons (Fsp3) is 0.375. The Kier molecular flexibility index (Phi) is 7.19. The molecule has 2 saturated heterocycles. The largest absolute Gasteiger partial charge is 0.291 e. The van der Waals surface area contributed by atoms with Crippen LogP contribution in [0.25, 0.3) is 0 Å². The average Bonchev–Trinajstić information content (AvgIpc) is 2.97. The molecule has 2 heterocycles. The molecule has 2 aliphatic heterocycles. The van der Waals surface area contributed by atoms with E-state index in [2.05, 4.69) is 132 Å². The molecule has 2 fully saturated rings. The number of benzene rings is 3. The first kappa shape index (κ1) is 24.0. The zero-order valence-corrected chi connectivity index (χ0v) is 21.3. The van der Waals surface area contributed by atoms with E-state index in [1.54, 1.807) is 0 Å². The van der Waals surface area contributed by atoms with Crippen molar-refractivity contribution in [1.29, 1.82) is 0 Å². The molecule has 0 spiro atoms. The molecule has 3 nitrogen and oxygen atoms in total. The standard InChI is InChI=1S/C32H39N3/c1-4-20-32(3)22-31-30(21-26(2)33(32)23-27-14-8-5-9-15-27)34(24-28-16-10-6-11-17-28)35(31)25-29-18-12-7-13-19-29/h4-19,26,30-31H,1,20-25H2,2-3H3/t26-,30-,31+,32-/m0/s1. The lowest BCUT2D eigenvalue weighted by molar-refractivity contribution is -0.228. The Labute approximate surface area is 211 Å². The Balaban J connectivity index is 1.45. The second-order valence-corrected chi connectivity index (χ2v) is 10.7. The highest BCUT2D eigenvalue weighted by atomic mass is 15.7. The van der Waals surface area contributed by atoms with Crippen molar-refractivity contribution in [3.05, 3.63) is 120 Å². The molecule has 0 aromatic heterocycles. The number of nitrogens with zero attached hydrogens (tertiary/aromatic N) is 3. The molecule has 5 rings (SSSR count). The van der Waals surface area contributed by atoms with Crippen LogP contribution >= 0.6 is 0 Å². The van der Waals surface area contributed by atoms with Gasteiger partial charge in [0.05, 0.1) is 0 Å². The summed E-state index contributed by atoms with van der Waals surface area (Å²) in [6.45, 7) is 12.0. The summed E-state index contributed by atoms with van der Waals surface area (Å²) in [5.74, 6) is 0. The average molecular weight is 466 g/mol. The van der Waals surface area contributed by atoms with Gasteiger partial charge in [0.25, 0.3) is 0 Å². The fourth-order valence-corrected chi connectivity index (χ4v) is 6.40. The Morgan fingerprint density at radius 2 is 1.20 bits per heavy atom. The van der Waals surface area contributed by atoms with Gasteiger partial charge in [0.2, 0.25) is 0 Å². The number of hydrazine groups is 1. The van der Waals surface area contributed by atoms with Crippen molar-refractivity contribution in [1.82, 2.24) is 14.9 Å². The molecule has 182 valence electrons. The molecular weight excluding hydrogens is 426 g/mol. The third kappa shape index (κ3) is 5.13. The Hall–Kier alpha value is -2.72. The normalized spacial score (nSPS) is 27.5. The monoisotopic (exact) mass is 465 g/mol. The molecule has 0 bridgehead atoms. The molecule has 35 heavy (non-hydrogen) atoms. The van der Waals surface area contributed by atoms with E-state index in [-0.39, 0.29) is 5.54 Å². The predicted octanol–water partition coefficient (Wildman–Crippen LogP) is 6.68. The van der Waals surface area contributed by atoms with E-state index in [0.29, 0.717) is 18.1 Å². The molecule has 0 N–H and O–H groups in total. The molecule has 4 atom stereocenters. The molecule has 0 saturated carbocycles. The van der Waals surface area contributed by atoms with Crippen molar-refractivity contribution < 1.29 is 0 Å². The summed E-state index contributed by atoms with van der Waals surface area (Å²) in [7, 11) is 0. The maximum absolute atomic E-state index is 4.17. The van der Waals surface area contributed by atoms with Gasteiger partial charge in [-0.15, -0.1) is 6.58 Å². The van der Waals surface area contributed by atoms with Crippen LogP contribution in [0.3, 0.4) is 0 Å². The fourth-order valence-electron chi connectivity index (χ4n) is 6.40. The number of fused-ring (bicyclic) bond motifs is 1. The number of likely N-dealkylation sites (tertiary alicyclic amines) is 1. The van der Waals surface area contributed by atoms with E-state index in [4.69, 9.17) is 0 Å². The van der Waals surface area contributed by atoms with Crippen LogP contribution in [0.5, 0.6) is 0 Å². The van der Waals surface area contributed by atoms with Gasteiger partial charge in [-0.2, -0.15) is 0 Å². The quantitative estimate of drug-likeness (QED) is 0.344. The first-order valence-electron chi connectivity index (χ1n) is 13.1. The molecular formula is C32H39N3. The van der Waals surface area contributed by atoms with Crippen LogP contribution in [0.15, 0.2) is 104 Å². The minimum atomic E-state index is 0.0736. The molecule has 0 aliphatic carbocycles. The predicted molar refractivity (Wildman–Crippen MR) is 145 cm³/mol. The number of hydrogen-bond acceptors (Lipinski definition) is 3. The van der Waals surface area contributed by atoms with Gasteiger partial charge in [0.15, 0.2) is 0 Å². The Bertz CT molecular complexity index is 1080. The second-order valence-electron chi connectivity index (χ2n) is 10.7. The van der Waals surface area contributed by atoms with Crippen LogP contribution in [0, 0.1) is 0 Å². The zero-order chi connectivity index (χ0) is 24.3. The van der Waals surface area contributed by atoms with E-state index in [9.17, 15) is 0 Å². The van der Waals surface area contributed by atoms with E-state index < -0.39 is 0 Å². The summed E-state index contributed by atoms with van der Waals surface area (Å²) in [4.78, 5) is 2.77. The van der Waals surface area contributed by atoms with Gasteiger partial charge in [-0.3, -0.25) is 4.90 Å². The van der Waals surface area contributed by atoms with Crippen molar-refractivity contribution in [3.63, 3.8) is 0 Å². The molecule has 0 unspecified atom stereocenters. The molecule has 3 aromatic rings. The van der Waals surface area contributed by atoms with Crippen molar-refractivity contribution in [2.75, 3.05) is 0 Å². The summed E-state index contributed by atoms with van der Waals surface area (Å²) < 4.78 is 0. The topological polar surface area (TPSA) is 9.72 Å². The van der Waals surface area contributed by atoms with E-state index >= 15 is 0 Å². The lowest BCUT2D eigenvalue weighted by atomic mass is 9.83. The van der Waals surface area contributed by atoms with Gasteiger partial charge < -0.3 is 0 Å². The molecule has 3 aromatic carbocycles. The first-order chi connectivity index (χ1) is 17.1. The summed E-state index contributed by atoms with van der Waals surface area (Å²) >= 11 is 0. The second kappa shape index (κ2) is 10.5. The highest BCUT2D eigenvalue weighted by Gasteiger charge is 2.53. The molecule has 0 amide bonds. The summed E-state index contributed by atoms with van der Waals surface area (Å²) in [5.41, 5.74) is 4.24. The Morgan fingerprint density at radius 3 is 1.69 bits per heavy atom. The van der Waals surface area contributed by atoms with Gasteiger partial charge in [-0.1, -0.05) is 97.1 Å². The molecule has 2 aliphatic rings. The van der Waals surface area contributed by atoms with Gasteiger partial charge in [-0.25, -0.2) is 10.0 Å². The van der Waals surface area contributed by atoms with E-state index in [1.807, 2.05) is 0 Å².